The molecule has 0 atom stereocenters. The fraction of sp³-hybridized carbons (Fsp3) is 0.235. The van der Waals surface area contributed by atoms with Crippen molar-refractivity contribution in [3.05, 3.63) is 59.4 Å². The summed E-state index contributed by atoms with van der Waals surface area (Å²) in [7, 11) is 0. The van der Waals surface area contributed by atoms with Crippen molar-refractivity contribution in [2.75, 3.05) is 0 Å². The molecule has 2 aromatic carbocycles. The molecule has 102 valence electrons. The quantitative estimate of drug-likeness (QED) is 0.641. The van der Waals surface area contributed by atoms with Crippen molar-refractivity contribution in [2.45, 2.75) is 26.1 Å². The van der Waals surface area contributed by atoms with Crippen molar-refractivity contribution in [3.63, 3.8) is 0 Å². The predicted molar refractivity (Wildman–Crippen MR) is 84.7 cm³/mol. The first kappa shape index (κ1) is 13.2. The van der Waals surface area contributed by atoms with Gasteiger partial charge in [-0.05, 0) is 42.7 Å². The first-order valence-electron chi connectivity index (χ1n) is 6.86. The highest BCUT2D eigenvalue weighted by molar-refractivity contribution is 6.17. The van der Waals surface area contributed by atoms with Crippen LogP contribution in [0.2, 0.25) is 0 Å². The van der Waals surface area contributed by atoms with Gasteiger partial charge in [0.1, 0.15) is 5.82 Å². The molecule has 0 saturated heterocycles. The van der Waals surface area contributed by atoms with Crippen molar-refractivity contribution >= 4 is 22.6 Å². The summed E-state index contributed by atoms with van der Waals surface area (Å²) < 4.78 is 2.16. The maximum Gasteiger partial charge on any atom is 0.129 e. The summed E-state index contributed by atoms with van der Waals surface area (Å²) in [6.07, 6.45) is 1.02. The zero-order valence-electron chi connectivity index (χ0n) is 11.7. The lowest BCUT2D eigenvalue weighted by Gasteiger charge is -2.09. The van der Waals surface area contributed by atoms with Gasteiger partial charge in [0.05, 0.1) is 16.9 Å². The van der Waals surface area contributed by atoms with Crippen LogP contribution in [-0.4, -0.2) is 9.55 Å². The molecule has 0 saturated carbocycles. The van der Waals surface area contributed by atoms with Gasteiger partial charge < -0.3 is 0 Å². The second kappa shape index (κ2) is 5.29. The molecule has 1 aromatic heterocycles. The normalized spacial score (nSPS) is 11.2. The third kappa shape index (κ3) is 2.10. The lowest BCUT2D eigenvalue weighted by atomic mass is 10.1. The van der Waals surface area contributed by atoms with Gasteiger partial charge in [0.25, 0.3) is 0 Å². The summed E-state index contributed by atoms with van der Waals surface area (Å²) in [5, 5.41) is 0. The van der Waals surface area contributed by atoms with Gasteiger partial charge in [0.2, 0.25) is 0 Å². The second-order valence-corrected chi connectivity index (χ2v) is 5.23. The van der Waals surface area contributed by atoms with Crippen molar-refractivity contribution in [1.29, 1.82) is 0 Å². The third-order valence-corrected chi connectivity index (χ3v) is 3.89. The minimum atomic E-state index is 0.407. The molecule has 0 fully saturated rings. The van der Waals surface area contributed by atoms with Gasteiger partial charge >= 0.3 is 0 Å². The number of hydrogen-bond donors (Lipinski definition) is 0. The molecule has 2 nitrogen and oxygen atoms in total. The van der Waals surface area contributed by atoms with E-state index < -0.39 is 0 Å². The summed E-state index contributed by atoms with van der Waals surface area (Å²) in [6.45, 7) is 4.25. The molecular weight excluding hydrogens is 268 g/mol. The zero-order valence-corrected chi connectivity index (χ0v) is 12.5. The molecule has 0 aliphatic heterocycles. The van der Waals surface area contributed by atoms with Crippen LogP contribution in [-0.2, 0) is 12.3 Å². The van der Waals surface area contributed by atoms with Crippen molar-refractivity contribution in [1.82, 2.24) is 9.55 Å². The molecule has 3 rings (SSSR count). The number of aromatic nitrogens is 2. The van der Waals surface area contributed by atoms with E-state index in [-0.39, 0.29) is 0 Å². The Balaban J connectivity index is 2.31. The average Bonchev–Trinajstić information content (AvgIpc) is 2.87. The summed E-state index contributed by atoms with van der Waals surface area (Å²) in [6, 6.07) is 14.8. The van der Waals surface area contributed by atoms with Gasteiger partial charge in [-0.2, -0.15) is 0 Å². The lowest BCUT2D eigenvalue weighted by Crippen LogP contribution is -1.99. The van der Waals surface area contributed by atoms with E-state index in [9.17, 15) is 0 Å². The van der Waals surface area contributed by atoms with Crippen LogP contribution < -0.4 is 0 Å². The van der Waals surface area contributed by atoms with E-state index in [1.165, 1.54) is 11.1 Å². The number of benzene rings is 2. The molecular formula is C17H17ClN2. The first-order chi connectivity index (χ1) is 9.74. The molecule has 0 aliphatic rings. The number of hydrogen-bond acceptors (Lipinski definition) is 1. The number of rotatable bonds is 3. The Kier molecular flexibility index (Phi) is 3.49. The maximum atomic E-state index is 6.10. The van der Waals surface area contributed by atoms with E-state index in [0.717, 1.165) is 29.0 Å². The topological polar surface area (TPSA) is 17.8 Å². The third-order valence-electron chi connectivity index (χ3n) is 3.65. The van der Waals surface area contributed by atoms with Crippen LogP contribution in [0.5, 0.6) is 0 Å². The minimum absolute atomic E-state index is 0.407. The highest BCUT2D eigenvalue weighted by Gasteiger charge is 2.13. The van der Waals surface area contributed by atoms with Crippen LogP contribution in [0, 0.1) is 6.92 Å². The molecule has 3 heteroatoms. The van der Waals surface area contributed by atoms with E-state index in [1.807, 2.05) is 0 Å². The van der Waals surface area contributed by atoms with Gasteiger partial charge in [0.15, 0.2) is 0 Å². The second-order valence-electron chi connectivity index (χ2n) is 4.96. The standard InChI is InChI=1S/C17H17ClN2/c1-3-13-7-5-8-14(10-13)20-15-9-4-6-12(2)17(15)19-16(20)11-18/h4-10H,3,11H2,1-2H3. The van der Waals surface area contributed by atoms with E-state index in [2.05, 4.69) is 60.9 Å². The number of nitrogens with zero attached hydrogens (tertiary/aromatic N) is 2. The summed E-state index contributed by atoms with van der Waals surface area (Å²) in [4.78, 5) is 4.69. The molecule has 0 aliphatic carbocycles. The van der Waals surface area contributed by atoms with E-state index in [4.69, 9.17) is 16.6 Å². The SMILES string of the molecule is CCc1cccc(-n2c(CCl)nc3c(C)cccc32)c1. The highest BCUT2D eigenvalue weighted by atomic mass is 35.5. The van der Waals surface area contributed by atoms with Crippen LogP contribution in [0.25, 0.3) is 16.7 Å². The van der Waals surface area contributed by atoms with Crippen LogP contribution in [0.1, 0.15) is 23.9 Å². The Morgan fingerprint density at radius 2 is 1.95 bits per heavy atom. The molecule has 0 amide bonds. The van der Waals surface area contributed by atoms with Gasteiger partial charge in [0, 0.05) is 5.69 Å². The van der Waals surface area contributed by atoms with E-state index in [0.29, 0.717) is 5.88 Å². The Labute approximate surface area is 124 Å². The Hall–Kier alpha value is -1.80. The smallest absolute Gasteiger partial charge is 0.129 e. The van der Waals surface area contributed by atoms with Crippen molar-refractivity contribution in [3.8, 4) is 5.69 Å². The monoisotopic (exact) mass is 284 g/mol. The minimum Gasteiger partial charge on any atom is -0.295 e. The van der Waals surface area contributed by atoms with E-state index in [1.54, 1.807) is 0 Å². The number of halogens is 1. The Morgan fingerprint density at radius 3 is 2.70 bits per heavy atom. The Bertz CT molecular complexity index is 759. The zero-order chi connectivity index (χ0) is 14.1. The largest absolute Gasteiger partial charge is 0.295 e. The molecule has 3 aromatic rings. The summed E-state index contributed by atoms with van der Waals surface area (Å²) in [5.74, 6) is 1.30. The number of aryl methyl sites for hydroxylation is 2. The summed E-state index contributed by atoms with van der Waals surface area (Å²) >= 11 is 6.10. The Morgan fingerprint density at radius 1 is 1.15 bits per heavy atom. The van der Waals surface area contributed by atoms with Gasteiger partial charge in [-0.1, -0.05) is 31.2 Å². The summed E-state index contributed by atoms with van der Waals surface area (Å²) in [5.41, 5.74) is 5.78. The fourth-order valence-corrected chi connectivity index (χ4v) is 2.76. The van der Waals surface area contributed by atoms with Gasteiger partial charge in [-0.15, -0.1) is 11.6 Å². The highest BCUT2D eigenvalue weighted by Crippen LogP contribution is 2.25. The van der Waals surface area contributed by atoms with Crippen LogP contribution in [0.4, 0.5) is 0 Å². The fourth-order valence-electron chi connectivity index (χ4n) is 2.58. The average molecular weight is 285 g/mol. The molecule has 20 heavy (non-hydrogen) atoms. The number of para-hydroxylation sites is 1. The maximum absolute atomic E-state index is 6.10. The lowest BCUT2D eigenvalue weighted by molar-refractivity contribution is 0.975. The first-order valence-corrected chi connectivity index (χ1v) is 7.40. The number of imidazole rings is 1. The molecule has 0 radical (unpaired) electrons. The molecule has 0 N–H and O–H groups in total. The molecule has 1 heterocycles. The predicted octanol–water partition coefficient (Wildman–Crippen LogP) is 4.64. The number of fused-ring (bicyclic) bond motifs is 1. The van der Waals surface area contributed by atoms with Crippen molar-refractivity contribution in [2.24, 2.45) is 0 Å². The van der Waals surface area contributed by atoms with Crippen LogP contribution >= 0.6 is 11.6 Å². The molecule has 0 spiro atoms. The molecule has 0 unspecified atom stereocenters. The number of alkyl halides is 1. The van der Waals surface area contributed by atoms with Crippen LogP contribution in [0.15, 0.2) is 42.5 Å². The van der Waals surface area contributed by atoms with E-state index >= 15 is 0 Å². The van der Waals surface area contributed by atoms with Crippen LogP contribution in [0.3, 0.4) is 0 Å². The molecule has 0 bridgehead atoms. The van der Waals surface area contributed by atoms with Gasteiger partial charge in [-0.3, -0.25) is 4.57 Å². The van der Waals surface area contributed by atoms with Gasteiger partial charge in [-0.25, -0.2) is 4.98 Å². The van der Waals surface area contributed by atoms with Crippen molar-refractivity contribution < 1.29 is 0 Å².